The molecule has 0 aliphatic rings. The van der Waals surface area contributed by atoms with E-state index in [2.05, 4.69) is 10.6 Å². The molecule has 3 N–H and O–H groups in total. The Bertz CT molecular complexity index is 838. The van der Waals surface area contributed by atoms with Crippen molar-refractivity contribution in [2.24, 2.45) is 0 Å². The standard InChI is InChI=1S/C20H22N2O6/c1-3-27-17-11-14(9-10-16(17)28-12-18(23)24)20(26)21-13(2)19(25)22-15-7-5-4-6-8-15/h4-11,13H,3,12H2,1-2H3,(H,21,26)(H,22,25)(H,23,24). The fourth-order valence-corrected chi connectivity index (χ4v) is 2.29. The van der Waals surface area contributed by atoms with Crippen LogP contribution in [0, 0.1) is 0 Å². The fraction of sp³-hybridized carbons (Fsp3) is 0.250. The highest BCUT2D eigenvalue weighted by atomic mass is 16.5. The maximum Gasteiger partial charge on any atom is 0.341 e. The van der Waals surface area contributed by atoms with Crippen LogP contribution >= 0.6 is 0 Å². The van der Waals surface area contributed by atoms with Gasteiger partial charge in [0.2, 0.25) is 5.91 Å². The zero-order valence-corrected chi connectivity index (χ0v) is 15.6. The quantitative estimate of drug-likeness (QED) is 0.609. The molecule has 28 heavy (non-hydrogen) atoms. The summed E-state index contributed by atoms with van der Waals surface area (Å²) in [4.78, 5) is 35.4. The molecule has 0 saturated heterocycles. The van der Waals surface area contributed by atoms with Gasteiger partial charge in [-0.1, -0.05) is 18.2 Å². The lowest BCUT2D eigenvalue weighted by atomic mass is 10.1. The number of ether oxygens (including phenoxy) is 2. The summed E-state index contributed by atoms with van der Waals surface area (Å²) >= 11 is 0. The number of nitrogens with one attached hydrogen (secondary N) is 2. The minimum Gasteiger partial charge on any atom is -0.490 e. The predicted molar refractivity (Wildman–Crippen MR) is 103 cm³/mol. The predicted octanol–water partition coefficient (Wildman–Crippen LogP) is 2.31. The topological polar surface area (TPSA) is 114 Å². The molecule has 0 bridgehead atoms. The van der Waals surface area contributed by atoms with E-state index in [-0.39, 0.29) is 23.0 Å². The van der Waals surface area contributed by atoms with Gasteiger partial charge >= 0.3 is 5.97 Å². The van der Waals surface area contributed by atoms with E-state index >= 15 is 0 Å². The van der Waals surface area contributed by atoms with Crippen molar-refractivity contribution in [2.45, 2.75) is 19.9 Å². The molecule has 2 aromatic carbocycles. The van der Waals surface area contributed by atoms with Gasteiger partial charge in [0.1, 0.15) is 6.04 Å². The van der Waals surface area contributed by atoms with E-state index in [1.807, 2.05) is 6.07 Å². The molecule has 0 aliphatic heterocycles. The minimum atomic E-state index is -1.12. The van der Waals surface area contributed by atoms with Crippen molar-refractivity contribution in [3.8, 4) is 11.5 Å². The lowest BCUT2D eigenvalue weighted by Gasteiger charge is -2.16. The van der Waals surface area contributed by atoms with Gasteiger partial charge in [-0.3, -0.25) is 9.59 Å². The number of hydrogen-bond acceptors (Lipinski definition) is 5. The Morgan fingerprint density at radius 2 is 1.75 bits per heavy atom. The molecule has 0 spiro atoms. The van der Waals surface area contributed by atoms with Crippen LogP contribution in [0.3, 0.4) is 0 Å². The molecule has 1 unspecified atom stereocenters. The highest BCUT2D eigenvalue weighted by Crippen LogP contribution is 2.28. The Hall–Kier alpha value is -3.55. The van der Waals surface area contributed by atoms with Gasteiger partial charge < -0.3 is 25.2 Å². The summed E-state index contributed by atoms with van der Waals surface area (Å²) in [6.07, 6.45) is 0. The first kappa shape index (κ1) is 20.8. The van der Waals surface area contributed by atoms with E-state index < -0.39 is 24.5 Å². The summed E-state index contributed by atoms with van der Waals surface area (Å²) in [6, 6.07) is 12.5. The largest absolute Gasteiger partial charge is 0.490 e. The maximum absolute atomic E-state index is 12.5. The molecule has 0 radical (unpaired) electrons. The molecule has 2 amide bonds. The number of para-hydroxylation sites is 1. The van der Waals surface area contributed by atoms with E-state index in [0.29, 0.717) is 12.3 Å². The number of aliphatic carboxylic acids is 1. The van der Waals surface area contributed by atoms with E-state index in [9.17, 15) is 14.4 Å². The Labute approximate surface area is 162 Å². The first-order valence-electron chi connectivity index (χ1n) is 8.69. The summed E-state index contributed by atoms with van der Waals surface area (Å²) in [5, 5.41) is 14.1. The fourth-order valence-electron chi connectivity index (χ4n) is 2.29. The molecular formula is C20H22N2O6. The van der Waals surface area contributed by atoms with E-state index in [1.165, 1.54) is 18.2 Å². The average Bonchev–Trinajstić information content (AvgIpc) is 2.67. The van der Waals surface area contributed by atoms with Crippen molar-refractivity contribution in [1.29, 1.82) is 0 Å². The zero-order chi connectivity index (χ0) is 20.5. The summed E-state index contributed by atoms with van der Waals surface area (Å²) < 4.78 is 10.6. The highest BCUT2D eigenvalue weighted by molar-refractivity contribution is 6.01. The van der Waals surface area contributed by atoms with Crippen LogP contribution in [-0.2, 0) is 9.59 Å². The third-order valence-corrected chi connectivity index (χ3v) is 3.64. The molecule has 0 fully saturated rings. The number of hydrogen-bond donors (Lipinski definition) is 3. The van der Waals surface area contributed by atoms with Crippen LogP contribution in [-0.4, -0.2) is 42.1 Å². The molecule has 0 heterocycles. The monoisotopic (exact) mass is 386 g/mol. The Kier molecular flexibility index (Phi) is 7.38. The van der Waals surface area contributed by atoms with Gasteiger partial charge in [-0.05, 0) is 44.2 Å². The van der Waals surface area contributed by atoms with Crippen molar-refractivity contribution in [1.82, 2.24) is 5.32 Å². The number of carboxylic acid groups (broad SMARTS) is 1. The maximum atomic E-state index is 12.5. The first-order valence-corrected chi connectivity index (χ1v) is 8.69. The average molecular weight is 386 g/mol. The SMILES string of the molecule is CCOc1cc(C(=O)NC(C)C(=O)Nc2ccccc2)ccc1OCC(=O)O. The smallest absolute Gasteiger partial charge is 0.341 e. The van der Waals surface area contributed by atoms with Gasteiger partial charge in [-0.25, -0.2) is 4.79 Å². The van der Waals surface area contributed by atoms with Crippen molar-refractivity contribution >= 4 is 23.5 Å². The molecule has 0 aliphatic carbocycles. The second-order valence-corrected chi connectivity index (χ2v) is 5.83. The van der Waals surface area contributed by atoms with Crippen LogP contribution in [0.4, 0.5) is 5.69 Å². The van der Waals surface area contributed by atoms with Gasteiger partial charge in [0, 0.05) is 11.3 Å². The van der Waals surface area contributed by atoms with Crippen LogP contribution in [0.15, 0.2) is 48.5 Å². The molecular weight excluding hydrogens is 364 g/mol. The van der Waals surface area contributed by atoms with E-state index in [1.54, 1.807) is 38.1 Å². The molecule has 0 saturated carbocycles. The normalized spacial score (nSPS) is 11.2. The summed E-state index contributed by atoms with van der Waals surface area (Å²) in [5.74, 6) is -1.48. The number of carboxylic acids is 1. The van der Waals surface area contributed by atoms with Gasteiger partial charge in [0.15, 0.2) is 18.1 Å². The minimum absolute atomic E-state index is 0.218. The Balaban J connectivity index is 2.04. The van der Waals surface area contributed by atoms with Crippen LogP contribution in [0.2, 0.25) is 0 Å². The molecule has 8 nitrogen and oxygen atoms in total. The summed E-state index contributed by atoms with van der Waals surface area (Å²) in [7, 11) is 0. The number of carbonyl (C=O) groups excluding carboxylic acids is 2. The molecule has 2 aromatic rings. The van der Waals surface area contributed by atoms with Gasteiger partial charge in [-0.2, -0.15) is 0 Å². The number of anilines is 1. The number of rotatable bonds is 9. The first-order chi connectivity index (χ1) is 13.4. The zero-order valence-electron chi connectivity index (χ0n) is 15.6. The van der Waals surface area contributed by atoms with Crippen LogP contribution < -0.4 is 20.1 Å². The molecule has 8 heteroatoms. The molecule has 2 rings (SSSR count). The third kappa shape index (κ3) is 6.01. The van der Waals surface area contributed by atoms with Crippen LogP contribution in [0.5, 0.6) is 11.5 Å². The van der Waals surface area contributed by atoms with Gasteiger partial charge in [0.25, 0.3) is 5.91 Å². The van der Waals surface area contributed by atoms with Crippen molar-refractivity contribution < 1.29 is 29.0 Å². The molecule has 1 atom stereocenters. The Morgan fingerprint density at radius 3 is 2.39 bits per heavy atom. The third-order valence-electron chi connectivity index (χ3n) is 3.64. The molecule has 0 aromatic heterocycles. The van der Waals surface area contributed by atoms with Crippen LogP contribution in [0.1, 0.15) is 24.2 Å². The Morgan fingerprint density at radius 1 is 1.04 bits per heavy atom. The van der Waals surface area contributed by atoms with Crippen molar-refractivity contribution in [3.63, 3.8) is 0 Å². The van der Waals surface area contributed by atoms with Gasteiger partial charge in [-0.15, -0.1) is 0 Å². The van der Waals surface area contributed by atoms with E-state index in [4.69, 9.17) is 14.6 Å². The lowest BCUT2D eigenvalue weighted by Crippen LogP contribution is -2.41. The summed E-state index contributed by atoms with van der Waals surface area (Å²) in [6.45, 7) is 3.11. The second kappa shape index (κ2) is 9.96. The van der Waals surface area contributed by atoms with Crippen molar-refractivity contribution in [3.05, 3.63) is 54.1 Å². The number of amides is 2. The van der Waals surface area contributed by atoms with Crippen LogP contribution in [0.25, 0.3) is 0 Å². The van der Waals surface area contributed by atoms with Crippen molar-refractivity contribution in [2.75, 3.05) is 18.5 Å². The number of carbonyl (C=O) groups is 3. The van der Waals surface area contributed by atoms with Gasteiger partial charge in [0.05, 0.1) is 6.61 Å². The lowest BCUT2D eigenvalue weighted by molar-refractivity contribution is -0.139. The number of benzene rings is 2. The molecule has 148 valence electrons. The highest BCUT2D eigenvalue weighted by Gasteiger charge is 2.18. The summed E-state index contributed by atoms with van der Waals surface area (Å²) in [5.41, 5.74) is 0.887. The van der Waals surface area contributed by atoms with E-state index in [0.717, 1.165) is 0 Å². The second-order valence-electron chi connectivity index (χ2n) is 5.83.